The van der Waals surface area contributed by atoms with Gasteiger partial charge in [-0.3, -0.25) is 0 Å². The van der Waals surface area contributed by atoms with Crippen molar-refractivity contribution < 1.29 is 4.74 Å². The van der Waals surface area contributed by atoms with E-state index in [9.17, 15) is 0 Å². The largest absolute Gasteiger partial charge is 0.492 e. The van der Waals surface area contributed by atoms with Crippen LogP contribution < -0.4 is 10.1 Å². The highest BCUT2D eigenvalue weighted by Crippen LogP contribution is 2.11. The van der Waals surface area contributed by atoms with E-state index < -0.39 is 0 Å². The summed E-state index contributed by atoms with van der Waals surface area (Å²) in [4.78, 5) is 0. The van der Waals surface area contributed by atoms with E-state index in [0.717, 1.165) is 5.75 Å². The van der Waals surface area contributed by atoms with Crippen LogP contribution in [0.1, 0.15) is 5.56 Å². The van der Waals surface area contributed by atoms with E-state index in [-0.39, 0.29) is 0 Å². The Labute approximate surface area is 84.3 Å². The van der Waals surface area contributed by atoms with Crippen LogP contribution in [0.4, 0.5) is 0 Å². The SMILES string of the molecule is Cc1cccc(OCCNCC#N)c1. The van der Waals surface area contributed by atoms with Crippen molar-refractivity contribution in [3.8, 4) is 11.8 Å². The highest BCUT2D eigenvalue weighted by molar-refractivity contribution is 5.27. The topological polar surface area (TPSA) is 45.0 Å². The molecule has 0 saturated heterocycles. The minimum Gasteiger partial charge on any atom is -0.492 e. The Morgan fingerprint density at radius 3 is 3.07 bits per heavy atom. The highest BCUT2D eigenvalue weighted by atomic mass is 16.5. The molecule has 0 bridgehead atoms. The van der Waals surface area contributed by atoms with Crippen LogP contribution in [-0.4, -0.2) is 19.7 Å². The molecule has 0 heterocycles. The van der Waals surface area contributed by atoms with Crippen molar-refractivity contribution in [1.29, 1.82) is 5.26 Å². The second-order valence-electron chi connectivity index (χ2n) is 3.00. The van der Waals surface area contributed by atoms with Crippen molar-refractivity contribution in [2.75, 3.05) is 19.7 Å². The summed E-state index contributed by atoms with van der Waals surface area (Å²) in [5.41, 5.74) is 1.19. The van der Waals surface area contributed by atoms with E-state index in [0.29, 0.717) is 19.7 Å². The second kappa shape index (κ2) is 6.01. The Bertz CT molecular complexity index is 317. The summed E-state index contributed by atoms with van der Waals surface area (Å²) in [6.07, 6.45) is 0. The van der Waals surface area contributed by atoms with Gasteiger partial charge < -0.3 is 10.1 Å². The summed E-state index contributed by atoms with van der Waals surface area (Å²) in [5, 5.41) is 11.2. The molecule has 0 saturated carbocycles. The van der Waals surface area contributed by atoms with Crippen LogP contribution in [0.25, 0.3) is 0 Å². The minimum absolute atomic E-state index is 0.372. The van der Waals surface area contributed by atoms with Gasteiger partial charge in [-0.1, -0.05) is 12.1 Å². The fourth-order valence-electron chi connectivity index (χ4n) is 1.09. The van der Waals surface area contributed by atoms with E-state index >= 15 is 0 Å². The number of hydrogen-bond donors (Lipinski definition) is 1. The van der Waals surface area contributed by atoms with Gasteiger partial charge in [-0.05, 0) is 24.6 Å². The summed E-state index contributed by atoms with van der Waals surface area (Å²) in [7, 11) is 0. The van der Waals surface area contributed by atoms with E-state index in [1.807, 2.05) is 37.3 Å². The Hall–Kier alpha value is -1.53. The smallest absolute Gasteiger partial charge is 0.119 e. The van der Waals surface area contributed by atoms with Crippen molar-refractivity contribution in [2.24, 2.45) is 0 Å². The summed E-state index contributed by atoms with van der Waals surface area (Å²) >= 11 is 0. The molecule has 3 nitrogen and oxygen atoms in total. The molecule has 0 spiro atoms. The van der Waals surface area contributed by atoms with Crippen molar-refractivity contribution in [3.63, 3.8) is 0 Å². The molecule has 14 heavy (non-hydrogen) atoms. The zero-order valence-corrected chi connectivity index (χ0v) is 8.29. The molecule has 0 atom stereocenters. The molecule has 1 rings (SSSR count). The molecule has 0 aliphatic rings. The molecule has 1 aromatic rings. The molecule has 74 valence electrons. The van der Waals surface area contributed by atoms with E-state index in [1.54, 1.807) is 0 Å². The first kappa shape index (κ1) is 10.6. The molecule has 1 aromatic carbocycles. The van der Waals surface area contributed by atoms with Crippen LogP contribution in [0.2, 0.25) is 0 Å². The van der Waals surface area contributed by atoms with Gasteiger partial charge in [0.2, 0.25) is 0 Å². The van der Waals surface area contributed by atoms with Crippen LogP contribution in [0.5, 0.6) is 5.75 Å². The number of nitrogens with one attached hydrogen (secondary N) is 1. The molecule has 0 radical (unpaired) electrons. The Morgan fingerprint density at radius 1 is 1.50 bits per heavy atom. The third kappa shape index (κ3) is 3.92. The number of aryl methyl sites for hydroxylation is 1. The zero-order valence-electron chi connectivity index (χ0n) is 8.29. The predicted molar refractivity (Wildman–Crippen MR) is 55.2 cm³/mol. The lowest BCUT2D eigenvalue weighted by molar-refractivity contribution is 0.316. The van der Waals surface area contributed by atoms with Gasteiger partial charge in [0.1, 0.15) is 12.4 Å². The summed E-state index contributed by atoms with van der Waals surface area (Å²) in [5.74, 6) is 0.878. The quantitative estimate of drug-likeness (QED) is 0.565. The number of nitriles is 1. The maximum absolute atomic E-state index is 8.27. The average molecular weight is 190 g/mol. The fraction of sp³-hybridized carbons (Fsp3) is 0.364. The van der Waals surface area contributed by atoms with Crippen molar-refractivity contribution in [1.82, 2.24) is 5.32 Å². The van der Waals surface area contributed by atoms with Crippen LogP contribution in [0.15, 0.2) is 24.3 Å². The minimum atomic E-state index is 0.372. The van der Waals surface area contributed by atoms with Crippen molar-refractivity contribution in [3.05, 3.63) is 29.8 Å². The summed E-state index contributed by atoms with van der Waals surface area (Å²) in [6, 6.07) is 9.92. The molecule has 0 aromatic heterocycles. The van der Waals surface area contributed by atoms with Gasteiger partial charge in [-0.2, -0.15) is 5.26 Å². The Balaban J connectivity index is 2.22. The van der Waals surface area contributed by atoms with Gasteiger partial charge >= 0.3 is 0 Å². The fourth-order valence-corrected chi connectivity index (χ4v) is 1.09. The van der Waals surface area contributed by atoms with Gasteiger partial charge in [0, 0.05) is 6.54 Å². The summed E-state index contributed by atoms with van der Waals surface area (Å²) in [6.45, 7) is 3.69. The average Bonchev–Trinajstić information content (AvgIpc) is 2.18. The van der Waals surface area contributed by atoms with Gasteiger partial charge in [-0.25, -0.2) is 0 Å². The number of nitrogens with zero attached hydrogens (tertiary/aromatic N) is 1. The lowest BCUT2D eigenvalue weighted by atomic mass is 10.2. The van der Waals surface area contributed by atoms with Crippen molar-refractivity contribution >= 4 is 0 Å². The second-order valence-corrected chi connectivity index (χ2v) is 3.00. The zero-order chi connectivity index (χ0) is 10.2. The first-order chi connectivity index (χ1) is 6.83. The number of rotatable bonds is 5. The number of hydrogen-bond acceptors (Lipinski definition) is 3. The number of benzene rings is 1. The molecule has 1 N–H and O–H groups in total. The maximum atomic E-state index is 8.27. The molecule has 0 aliphatic heterocycles. The first-order valence-electron chi connectivity index (χ1n) is 4.60. The van der Waals surface area contributed by atoms with Gasteiger partial charge in [0.05, 0.1) is 12.6 Å². The third-order valence-corrected chi connectivity index (χ3v) is 1.74. The molecular weight excluding hydrogens is 176 g/mol. The first-order valence-corrected chi connectivity index (χ1v) is 4.60. The van der Waals surface area contributed by atoms with Gasteiger partial charge in [0.15, 0.2) is 0 Å². The standard InChI is InChI=1S/C11H14N2O/c1-10-3-2-4-11(9-10)14-8-7-13-6-5-12/h2-4,9,13H,6-8H2,1H3. The molecular formula is C11H14N2O. The molecule has 0 unspecified atom stereocenters. The lowest BCUT2D eigenvalue weighted by Crippen LogP contribution is -2.21. The van der Waals surface area contributed by atoms with Crippen LogP contribution in [0.3, 0.4) is 0 Å². The van der Waals surface area contributed by atoms with Crippen LogP contribution >= 0.6 is 0 Å². The highest BCUT2D eigenvalue weighted by Gasteiger charge is 1.92. The monoisotopic (exact) mass is 190 g/mol. The third-order valence-electron chi connectivity index (χ3n) is 1.74. The number of ether oxygens (including phenoxy) is 1. The van der Waals surface area contributed by atoms with Gasteiger partial charge in [0.25, 0.3) is 0 Å². The molecule has 0 fully saturated rings. The van der Waals surface area contributed by atoms with E-state index in [1.165, 1.54) is 5.56 Å². The van der Waals surface area contributed by atoms with Gasteiger partial charge in [-0.15, -0.1) is 0 Å². The lowest BCUT2D eigenvalue weighted by Gasteiger charge is -2.06. The molecule has 0 amide bonds. The summed E-state index contributed by atoms with van der Waals surface area (Å²) < 4.78 is 5.46. The van der Waals surface area contributed by atoms with E-state index in [4.69, 9.17) is 10.00 Å². The molecule has 0 aliphatic carbocycles. The van der Waals surface area contributed by atoms with E-state index in [2.05, 4.69) is 5.32 Å². The van der Waals surface area contributed by atoms with Crippen LogP contribution in [-0.2, 0) is 0 Å². The molecule has 3 heteroatoms. The Morgan fingerprint density at radius 2 is 2.36 bits per heavy atom. The normalized spacial score (nSPS) is 9.43. The predicted octanol–water partition coefficient (Wildman–Crippen LogP) is 1.49. The maximum Gasteiger partial charge on any atom is 0.119 e. The van der Waals surface area contributed by atoms with Crippen molar-refractivity contribution in [2.45, 2.75) is 6.92 Å². The van der Waals surface area contributed by atoms with Crippen LogP contribution in [0, 0.1) is 18.3 Å². The Kier molecular flexibility index (Phi) is 4.53.